The van der Waals surface area contributed by atoms with E-state index in [-0.39, 0.29) is 5.92 Å². The predicted molar refractivity (Wildman–Crippen MR) is 101 cm³/mol. The summed E-state index contributed by atoms with van der Waals surface area (Å²) in [7, 11) is 0. The van der Waals surface area contributed by atoms with Crippen LogP contribution in [0.4, 0.5) is 0 Å². The van der Waals surface area contributed by atoms with Gasteiger partial charge in [0.05, 0.1) is 0 Å². The molecule has 0 amide bonds. The molecule has 24 heavy (non-hydrogen) atoms. The summed E-state index contributed by atoms with van der Waals surface area (Å²) in [5.41, 5.74) is 0.855. The Morgan fingerprint density at radius 3 is 2.00 bits per heavy atom. The molecule has 2 nitrogen and oxygen atoms in total. The van der Waals surface area contributed by atoms with Gasteiger partial charge in [0.1, 0.15) is 5.60 Å². The fraction of sp³-hybridized carbons (Fsp3) is 0.238. The van der Waals surface area contributed by atoms with E-state index < -0.39 is 5.60 Å². The Hall–Kier alpha value is -1.94. The Bertz CT molecular complexity index is 686. The summed E-state index contributed by atoms with van der Waals surface area (Å²) in [6, 6.07) is 24.1. The number of nitrogens with one attached hydrogen (secondary N) is 1. The number of benzene rings is 2. The van der Waals surface area contributed by atoms with Crippen molar-refractivity contribution < 1.29 is 5.11 Å². The normalized spacial score (nSPS) is 12.9. The van der Waals surface area contributed by atoms with Crippen LogP contribution in [0, 0.1) is 5.92 Å². The van der Waals surface area contributed by atoms with Crippen LogP contribution in [-0.4, -0.2) is 11.7 Å². The highest BCUT2D eigenvalue weighted by atomic mass is 32.1. The van der Waals surface area contributed by atoms with Gasteiger partial charge in [0.2, 0.25) is 0 Å². The van der Waals surface area contributed by atoms with E-state index in [2.05, 4.69) is 29.8 Å². The molecule has 1 heterocycles. The van der Waals surface area contributed by atoms with Crippen LogP contribution in [0.25, 0.3) is 0 Å². The highest BCUT2D eigenvalue weighted by Crippen LogP contribution is 2.36. The quantitative estimate of drug-likeness (QED) is 0.669. The Kier molecular flexibility index (Phi) is 5.46. The number of rotatable bonds is 7. The summed E-state index contributed by atoms with van der Waals surface area (Å²) >= 11 is 1.75. The minimum absolute atomic E-state index is 0.0299. The second kappa shape index (κ2) is 7.75. The molecule has 2 N–H and O–H groups in total. The third-order valence-corrected chi connectivity index (χ3v) is 5.35. The van der Waals surface area contributed by atoms with E-state index in [4.69, 9.17) is 0 Å². The largest absolute Gasteiger partial charge is 0.380 e. The first-order chi connectivity index (χ1) is 11.7. The third-order valence-electron chi connectivity index (χ3n) is 4.47. The lowest BCUT2D eigenvalue weighted by Crippen LogP contribution is -2.40. The molecule has 0 aliphatic rings. The number of hydrogen-bond donors (Lipinski definition) is 2. The Balaban J connectivity index is 1.82. The number of thiophene rings is 1. The lowest BCUT2D eigenvalue weighted by molar-refractivity contribution is 0.0240. The highest BCUT2D eigenvalue weighted by Gasteiger charge is 2.37. The van der Waals surface area contributed by atoms with Gasteiger partial charge in [-0.3, -0.25) is 0 Å². The van der Waals surface area contributed by atoms with Gasteiger partial charge in [-0.25, -0.2) is 0 Å². The van der Waals surface area contributed by atoms with Gasteiger partial charge in [0.15, 0.2) is 0 Å². The summed E-state index contributed by atoms with van der Waals surface area (Å²) in [5.74, 6) is 0.0299. The van der Waals surface area contributed by atoms with Crippen LogP contribution in [0.1, 0.15) is 22.9 Å². The van der Waals surface area contributed by atoms with Crippen LogP contribution < -0.4 is 5.32 Å². The number of aliphatic hydroxyl groups is 1. The topological polar surface area (TPSA) is 32.3 Å². The van der Waals surface area contributed by atoms with Gasteiger partial charge in [0.25, 0.3) is 0 Å². The molecule has 3 rings (SSSR count). The molecule has 0 aliphatic heterocycles. The van der Waals surface area contributed by atoms with Crippen molar-refractivity contribution in [2.24, 2.45) is 5.92 Å². The first kappa shape index (κ1) is 16.9. The summed E-state index contributed by atoms with van der Waals surface area (Å²) in [6.45, 7) is 3.67. The van der Waals surface area contributed by atoms with Crippen molar-refractivity contribution in [2.75, 3.05) is 6.54 Å². The fourth-order valence-electron chi connectivity index (χ4n) is 3.09. The molecule has 3 aromatic rings. The zero-order valence-electron chi connectivity index (χ0n) is 13.9. The molecule has 0 spiro atoms. The van der Waals surface area contributed by atoms with Crippen molar-refractivity contribution in [3.63, 3.8) is 0 Å². The van der Waals surface area contributed by atoms with Crippen molar-refractivity contribution in [2.45, 2.75) is 19.1 Å². The first-order valence-electron chi connectivity index (χ1n) is 8.28. The maximum Gasteiger partial charge on any atom is 0.118 e. The SMILES string of the molecule is CC(CNCc1cccs1)C(O)(c1ccccc1)c1ccccc1. The molecule has 0 fully saturated rings. The van der Waals surface area contributed by atoms with Gasteiger partial charge in [-0.1, -0.05) is 73.7 Å². The fourth-order valence-corrected chi connectivity index (χ4v) is 3.77. The van der Waals surface area contributed by atoms with Crippen molar-refractivity contribution >= 4 is 11.3 Å². The standard InChI is InChI=1S/C21H23NOS/c1-17(15-22-16-20-13-8-14-24-20)21(23,18-9-4-2-5-10-18)19-11-6-3-7-12-19/h2-14,17,22-23H,15-16H2,1H3. The van der Waals surface area contributed by atoms with Gasteiger partial charge < -0.3 is 10.4 Å². The van der Waals surface area contributed by atoms with E-state index in [0.717, 1.165) is 24.2 Å². The molecule has 0 bridgehead atoms. The van der Waals surface area contributed by atoms with E-state index in [1.807, 2.05) is 60.7 Å². The maximum atomic E-state index is 11.6. The molecule has 1 atom stereocenters. The molecule has 124 valence electrons. The Morgan fingerprint density at radius 1 is 0.917 bits per heavy atom. The number of hydrogen-bond acceptors (Lipinski definition) is 3. The Morgan fingerprint density at radius 2 is 1.50 bits per heavy atom. The highest BCUT2D eigenvalue weighted by molar-refractivity contribution is 7.09. The van der Waals surface area contributed by atoms with E-state index in [1.165, 1.54) is 4.88 Å². The van der Waals surface area contributed by atoms with Gasteiger partial charge in [-0.05, 0) is 22.6 Å². The summed E-state index contributed by atoms with van der Waals surface area (Å²) in [6.07, 6.45) is 0. The molecule has 0 aliphatic carbocycles. The van der Waals surface area contributed by atoms with Crippen LogP contribution in [0.15, 0.2) is 78.2 Å². The average Bonchev–Trinajstić information content (AvgIpc) is 3.16. The molecule has 0 saturated heterocycles. The van der Waals surface area contributed by atoms with Crippen molar-refractivity contribution in [1.29, 1.82) is 0 Å². The van der Waals surface area contributed by atoms with Crippen molar-refractivity contribution in [3.05, 3.63) is 94.2 Å². The zero-order chi connectivity index (χ0) is 16.8. The van der Waals surface area contributed by atoms with E-state index in [9.17, 15) is 5.11 Å². The van der Waals surface area contributed by atoms with E-state index in [1.54, 1.807) is 11.3 Å². The Labute approximate surface area is 147 Å². The van der Waals surface area contributed by atoms with Crippen LogP contribution in [0.5, 0.6) is 0 Å². The van der Waals surface area contributed by atoms with Crippen molar-refractivity contribution in [3.8, 4) is 0 Å². The summed E-state index contributed by atoms with van der Waals surface area (Å²) in [4.78, 5) is 1.31. The molecule has 0 saturated carbocycles. The molecular formula is C21H23NOS. The minimum Gasteiger partial charge on any atom is -0.380 e. The smallest absolute Gasteiger partial charge is 0.118 e. The molecular weight excluding hydrogens is 314 g/mol. The zero-order valence-corrected chi connectivity index (χ0v) is 14.7. The van der Waals surface area contributed by atoms with Crippen LogP contribution in [-0.2, 0) is 12.1 Å². The average molecular weight is 337 g/mol. The predicted octanol–water partition coefficient (Wildman–Crippen LogP) is 4.41. The van der Waals surface area contributed by atoms with E-state index >= 15 is 0 Å². The second-order valence-corrected chi connectivity index (χ2v) is 7.14. The maximum absolute atomic E-state index is 11.6. The van der Waals surface area contributed by atoms with E-state index in [0.29, 0.717) is 0 Å². The third kappa shape index (κ3) is 3.59. The monoisotopic (exact) mass is 337 g/mol. The van der Waals surface area contributed by atoms with Crippen LogP contribution in [0.2, 0.25) is 0 Å². The van der Waals surface area contributed by atoms with Gasteiger partial charge in [-0.15, -0.1) is 11.3 Å². The van der Waals surface area contributed by atoms with Crippen LogP contribution in [0.3, 0.4) is 0 Å². The van der Waals surface area contributed by atoms with Gasteiger partial charge >= 0.3 is 0 Å². The minimum atomic E-state index is -1.01. The second-order valence-electron chi connectivity index (χ2n) is 6.11. The first-order valence-corrected chi connectivity index (χ1v) is 9.15. The summed E-state index contributed by atoms with van der Waals surface area (Å²) < 4.78 is 0. The van der Waals surface area contributed by atoms with Gasteiger partial charge in [0, 0.05) is 23.9 Å². The molecule has 1 unspecified atom stereocenters. The molecule has 0 radical (unpaired) electrons. The summed E-state index contributed by atoms with van der Waals surface area (Å²) in [5, 5.41) is 17.2. The van der Waals surface area contributed by atoms with Crippen molar-refractivity contribution in [1.82, 2.24) is 5.32 Å². The molecule has 1 aromatic heterocycles. The van der Waals surface area contributed by atoms with Crippen LogP contribution >= 0.6 is 11.3 Å². The molecule has 2 aromatic carbocycles. The lowest BCUT2D eigenvalue weighted by atomic mass is 9.77. The lowest BCUT2D eigenvalue weighted by Gasteiger charge is -2.35. The molecule has 3 heteroatoms. The van der Waals surface area contributed by atoms with Gasteiger partial charge in [-0.2, -0.15) is 0 Å².